The van der Waals surface area contributed by atoms with Crippen LogP contribution >= 0.6 is 0 Å². The Hall–Kier alpha value is -2.28. The SMILES string of the molecule is CC(C)C1CN(C(=O)CCCc2nc(-c3ccncc3)no2)CC1N(C)C. The Labute approximate surface area is 160 Å². The zero-order chi connectivity index (χ0) is 19.4. The lowest BCUT2D eigenvalue weighted by Crippen LogP contribution is -2.37. The number of hydrogen-bond donors (Lipinski definition) is 0. The van der Waals surface area contributed by atoms with Crippen molar-refractivity contribution in [3.8, 4) is 11.4 Å². The molecule has 3 rings (SSSR count). The third-order valence-electron chi connectivity index (χ3n) is 5.39. The molecule has 27 heavy (non-hydrogen) atoms. The summed E-state index contributed by atoms with van der Waals surface area (Å²) in [6.07, 6.45) is 5.24. The monoisotopic (exact) mass is 371 g/mol. The van der Waals surface area contributed by atoms with Crippen LogP contribution in [-0.4, -0.2) is 64.1 Å². The number of amides is 1. The van der Waals surface area contributed by atoms with Crippen LogP contribution in [0.1, 0.15) is 32.6 Å². The number of aryl methyl sites for hydroxylation is 1. The molecule has 0 N–H and O–H groups in total. The molecule has 0 aliphatic carbocycles. The first-order valence-corrected chi connectivity index (χ1v) is 9.63. The van der Waals surface area contributed by atoms with Gasteiger partial charge in [-0.05, 0) is 44.5 Å². The summed E-state index contributed by atoms with van der Waals surface area (Å²) >= 11 is 0. The highest BCUT2D eigenvalue weighted by atomic mass is 16.5. The van der Waals surface area contributed by atoms with Crippen LogP contribution in [0.2, 0.25) is 0 Å². The van der Waals surface area contributed by atoms with Gasteiger partial charge in [-0.25, -0.2) is 0 Å². The number of aromatic nitrogens is 3. The van der Waals surface area contributed by atoms with E-state index in [0.29, 0.717) is 48.9 Å². The van der Waals surface area contributed by atoms with E-state index < -0.39 is 0 Å². The highest BCUT2D eigenvalue weighted by Crippen LogP contribution is 2.27. The van der Waals surface area contributed by atoms with E-state index in [1.165, 1.54) is 0 Å². The molecule has 0 bridgehead atoms. The minimum atomic E-state index is 0.221. The lowest BCUT2D eigenvalue weighted by atomic mass is 9.91. The van der Waals surface area contributed by atoms with Crippen molar-refractivity contribution in [3.63, 3.8) is 0 Å². The van der Waals surface area contributed by atoms with Crippen LogP contribution in [0.15, 0.2) is 29.0 Å². The zero-order valence-electron chi connectivity index (χ0n) is 16.6. The van der Waals surface area contributed by atoms with E-state index in [9.17, 15) is 4.79 Å². The van der Waals surface area contributed by atoms with Gasteiger partial charge in [-0.2, -0.15) is 4.98 Å². The van der Waals surface area contributed by atoms with Gasteiger partial charge in [0.25, 0.3) is 0 Å². The number of likely N-dealkylation sites (N-methyl/N-ethyl adjacent to an activating group) is 1. The molecule has 2 unspecified atom stereocenters. The molecule has 146 valence electrons. The number of pyridine rings is 1. The van der Waals surface area contributed by atoms with Gasteiger partial charge in [-0.3, -0.25) is 9.78 Å². The molecular weight excluding hydrogens is 342 g/mol. The molecule has 0 spiro atoms. The molecule has 0 saturated carbocycles. The average molecular weight is 371 g/mol. The molecule has 0 radical (unpaired) electrons. The zero-order valence-corrected chi connectivity index (χ0v) is 16.6. The predicted octanol–water partition coefficient (Wildman–Crippen LogP) is 2.50. The van der Waals surface area contributed by atoms with Crippen molar-refractivity contribution in [1.82, 2.24) is 24.9 Å². The predicted molar refractivity (Wildman–Crippen MR) is 103 cm³/mol. The molecule has 1 aliphatic rings. The maximum Gasteiger partial charge on any atom is 0.226 e. The van der Waals surface area contributed by atoms with Gasteiger partial charge in [0.05, 0.1) is 0 Å². The van der Waals surface area contributed by atoms with Gasteiger partial charge in [0, 0.05) is 49.9 Å². The second-order valence-electron chi connectivity index (χ2n) is 7.84. The summed E-state index contributed by atoms with van der Waals surface area (Å²) in [5, 5.41) is 4.01. The Kier molecular flexibility index (Phi) is 6.21. The van der Waals surface area contributed by atoms with Crippen molar-refractivity contribution in [1.29, 1.82) is 0 Å². The summed E-state index contributed by atoms with van der Waals surface area (Å²) in [4.78, 5) is 25.3. The fraction of sp³-hybridized carbons (Fsp3) is 0.600. The maximum atomic E-state index is 12.6. The molecule has 7 heteroatoms. The standard InChI is InChI=1S/C20H29N5O2/c1-14(2)16-12-25(13-17(16)24(3)4)19(26)7-5-6-18-22-20(23-27-18)15-8-10-21-11-9-15/h8-11,14,16-17H,5-7,12-13H2,1-4H3. The van der Waals surface area contributed by atoms with Gasteiger partial charge >= 0.3 is 0 Å². The van der Waals surface area contributed by atoms with E-state index in [1.54, 1.807) is 12.4 Å². The molecule has 1 aliphatic heterocycles. The second-order valence-corrected chi connectivity index (χ2v) is 7.84. The van der Waals surface area contributed by atoms with Gasteiger partial charge < -0.3 is 14.3 Å². The van der Waals surface area contributed by atoms with Crippen molar-refractivity contribution in [2.45, 2.75) is 39.2 Å². The molecular formula is C20H29N5O2. The Morgan fingerprint density at radius 1 is 1.30 bits per heavy atom. The summed E-state index contributed by atoms with van der Waals surface area (Å²) in [6.45, 7) is 6.16. The summed E-state index contributed by atoms with van der Waals surface area (Å²) in [7, 11) is 4.20. The lowest BCUT2D eigenvalue weighted by molar-refractivity contribution is -0.130. The molecule has 7 nitrogen and oxygen atoms in total. The van der Waals surface area contributed by atoms with E-state index in [1.807, 2.05) is 17.0 Å². The number of rotatable bonds is 7. The third-order valence-corrected chi connectivity index (χ3v) is 5.39. The molecule has 2 aromatic heterocycles. The molecule has 1 saturated heterocycles. The molecule has 2 atom stereocenters. The van der Waals surface area contributed by atoms with Gasteiger partial charge in [0.2, 0.25) is 17.6 Å². The van der Waals surface area contributed by atoms with Crippen LogP contribution in [0.4, 0.5) is 0 Å². The Balaban J connectivity index is 1.49. The van der Waals surface area contributed by atoms with Gasteiger partial charge in [-0.15, -0.1) is 0 Å². The smallest absolute Gasteiger partial charge is 0.226 e. The van der Waals surface area contributed by atoms with Crippen LogP contribution in [0.3, 0.4) is 0 Å². The van der Waals surface area contributed by atoms with E-state index in [4.69, 9.17) is 4.52 Å². The Morgan fingerprint density at radius 2 is 2.04 bits per heavy atom. The number of nitrogens with zero attached hydrogens (tertiary/aromatic N) is 5. The fourth-order valence-corrected chi connectivity index (χ4v) is 3.74. The highest BCUT2D eigenvalue weighted by Gasteiger charge is 2.37. The van der Waals surface area contributed by atoms with E-state index in [-0.39, 0.29) is 5.91 Å². The number of carbonyl (C=O) groups is 1. The first-order chi connectivity index (χ1) is 13.0. The topological polar surface area (TPSA) is 75.4 Å². The number of likely N-dealkylation sites (tertiary alicyclic amines) is 1. The number of carbonyl (C=O) groups excluding carboxylic acids is 1. The molecule has 0 aromatic carbocycles. The quantitative estimate of drug-likeness (QED) is 0.744. The molecule has 3 heterocycles. The molecule has 1 fully saturated rings. The fourth-order valence-electron chi connectivity index (χ4n) is 3.74. The van der Waals surface area contributed by atoms with Crippen LogP contribution in [0.5, 0.6) is 0 Å². The van der Waals surface area contributed by atoms with Crippen molar-refractivity contribution in [2.75, 3.05) is 27.2 Å². The third kappa shape index (κ3) is 4.71. The summed E-state index contributed by atoms with van der Waals surface area (Å²) in [5.41, 5.74) is 0.877. The van der Waals surface area contributed by atoms with Crippen molar-refractivity contribution >= 4 is 5.91 Å². The summed E-state index contributed by atoms with van der Waals surface area (Å²) in [5.74, 6) is 2.45. The Bertz CT molecular complexity index is 728. The normalized spacial score (nSPS) is 20.0. The highest BCUT2D eigenvalue weighted by molar-refractivity contribution is 5.76. The van der Waals surface area contributed by atoms with E-state index in [2.05, 4.69) is 48.0 Å². The van der Waals surface area contributed by atoms with Crippen LogP contribution < -0.4 is 0 Å². The van der Waals surface area contributed by atoms with Crippen LogP contribution in [0.25, 0.3) is 11.4 Å². The number of hydrogen-bond acceptors (Lipinski definition) is 6. The van der Waals surface area contributed by atoms with Crippen molar-refractivity contribution < 1.29 is 9.32 Å². The average Bonchev–Trinajstić information content (AvgIpc) is 3.30. The van der Waals surface area contributed by atoms with Crippen molar-refractivity contribution in [2.24, 2.45) is 11.8 Å². The van der Waals surface area contributed by atoms with Crippen LogP contribution in [-0.2, 0) is 11.2 Å². The molecule has 2 aromatic rings. The Morgan fingerprint density at radius 3 is 2.67 bits per heavy atom. The second kappa shape index (κ2) is 8.61. The van der Waals surface area contributed by atoms with Crippen molar-refractivity contribution in [3.05, 3.63) is 30.4 Å². The first-order valence-electron chi connectivity index (χ1n) is 9.63. The molecule has 1 amide bonds. The van der Waals surface area contributed by atoms with Gasteiger partial charge in [0.1, 0.15) is 0 Å². The lowest BCUT2D eigenvalue weighted by Gasteiger charge is -2.27. The summed E-state index contributed by atoms with van der Waals surface area (Å²) < 4.78 is 5.31. The maximum absolute atomic E-state index is 12.6. The van der Waals surface area contributed by atoms with Gasteiger partial charge in [0.15, 0.2) is 0 Å². The largest absolute Gasteiger partial charge is 0.341 e. The van der Waals surface area contributed by atoms with Gasteiger partial charge in [-0.1, -0.05) is 19.0 Å². The minimum Gasteiger partial charge on any atom is -0.341 e. The first kappa shape index (κ1) is 19.5. The van der Waals surface area contributed by atoms with E-state index in [0.717, 1.165) is 18.7 Å². The van der Waals surface area contributed by atoms with E-state index >= 15 is 0 Å². The van der Waals surface area contributed by atoms with Crippen LogP contribution in [0, 0.1) is 11.8 Å². The summed E-state index contributed by atoms with van der Waals surface area (Å²) in [6, 6.07) is 4.13. The minimum absolute atomic E-state index is 0.221.